The molecule has 35 heavy (non-hydrogen) atoms. The Balaban J connectivity index is 1.43. The number of esters is 1. The van der Waals surface area contributed by atoms with E-state index in [-0.39, 0.29) is 34.5 Å². The molecule has 1 unspecified atom stereocenters. The Kier molecular flexibility index (Phi) is 7.04. The number of hydrogen-bond donors (Lipinski definition) is 1. The molecule has 2 aliphatic rings. The smallest absolute Gasteiger partial charge is 0.338 e. The molecule has 0 aromatic heterocycles. The van der Waals surface area contributed by atoms with Crippen molar-refractivity contribution < 1.29 is 33.4 Å². The zero-order valence-corrected chi connectivity index (χ0v) is 20.0. The van der Waals surface area contributed by atoms with E-state index in [1.807, 2.05) is 0 Å². The van der Waals surface area contributed by atoms with Crippen LogP contribution in [-0.2, 0) is 9.53 Å². The molecule has 9 nitrogen and oxygen atoms in total. The average Bonchev–Trinajstić information content (AvgIpc) is 3.13. The van der Waals surface area contributed by atoms with Crippen LogP contribution in [0.2, 0.25) is 0 Å². The Morgan fingerprint density at radius 3 is 2.29 bits per heavy atom. The van der Waals surface area contributed by atoms with Gasteiger partial charge in [-0.1, -0.05) is 19.3 Å². The number of imide groups is 1. The predicted octanol–water partition coefficient (Wildman–Crippen LogP) is 3.82. The standard InChI is InChI=1S/C26H28N2O7/c1-15(23(29)27-17-10-12-21(33-2)22(14-17)34-3)35-26(32)16-9-11-19-20(13-16)25(31)28(24(19)30)18-7-5-4-6-8-18/h9-15,18H,4-8H2,1-3H3,(H,27,29). The lowest BCUT2D eigenvalue weighted by molar-refractivity contribution is -0.123. The number of carbonyl (C=O) groups is 4. The first-order valence-electron chi connectivity index (χ1n) is 11.6. The van der Waals surface area contributed by atoms with Gasteiger partial charge < -0.3 is 19.5 Å². The molecule has 1 saturated carbocycles. The molecule has 0 bridgehead atoms. The van der Waals surface area contributed by atoms with Gasteiger partial charge in [0, 0.05) is 17.8 Å². The minimum Gasteiger partial charge on any atom is -0.493 e. The van der Waals surface area contributed by atoms with Crippen LogP contribution in [0.5, 0.6) is 11.5 Å². The molecule has 2 aromatic rings. The Bertz CT molecular complexity index is 1170. The van der Waals surface area contributed by atoms with Crippen LogP contribution >= 0.6 is 0 Å². The van der Waals surface area contributed by atoms with Crippen molar-refractivity contribution in [2.24, 2.45) is 0 Å². The topological polar surface area (TPSA) is 111 Å². The van der Waals surface area contributed by atoms with E-state index >= 15 is 0 Å². The van der Waals surface area contributed by atoms with E-state index in [0.29, 0.717) is 17.2 Å². The van der Waals surface area contributed by atoms with Crippen molar-refractivity contribution in [2.45, 2.75) is 51.2 Å². The molecule has 2 aromatic carbocycles. The molecular formula is C26H28N2O7. The third-order valence-electron chi connectivity index (χ3n) is 6.40. The highest BCUT2D eigenvalue weighted by atomic mass is 16.5. The lowest BCUT2D eigenvalue weighted by Gasteiger charge is -2.29. The summed E-state index contributed by atoms with van der Waals surface area (Å²) < 4.78 is 15.7. The summed E-state index contributed by atoms with van der Waals surface area (Å²) in [5.74, 6) is -1.06. The number of benzene rings is 2. The first-order valence-corrected chi connectivity index (χ1v) is 11.6. The van der Waals surface area contributed by atoms with Gasteiger partial charge in [-0.25, -0.2) is 4.79 Å². The van der Waals surface area contributed by atoms with E-state index in [2.05, 4.69) is 5.32 Å². The fourth-order valence-electron chi connectivity index (χ4n) is 4.50. The summed E-state index contributed by atoms with van der Waals surface area (Å²) in [7, 11) is 2.99. The van der Waals surface area contributed by atoms with Gasteiger partial charge in [0.25, 0.3) is 17.7 Å². The summed E-state index contributed by atoms with van der Waals surface area (Å²) in [5.41, 5.74) is 1.02. The van der Waals surface area contributed by atoms with Crippen molar-refractivity contribution in [1.29, 1.82) is 0 Å². The van der Waals surface area contributed by atoms with Crippen LogP contribution in [0.4, 0.5) is 5.69 Å². The highest BCUT2D eigenvalue weighted by Gasteiger charge is 2.40. The largest absolute Gasteiger partial charge is 0.493 e. The lowest BCUT2D eigenvalue weighted by Crippen LogP contribution is -2.40. The van der Waals surface area contributed by atoms with E-state index in [4.69, 9.17) is 14.2 Å². The van der Waals surface area contributed by atoms with E-state index in [1.54, 1.807) is 18.2 Å². The second-order valence-electron chi connectivity index (χ2n) is 8.64. The number of rotatable bonds is 7. The van der Waals surface area contributed by atoms with Crippen molar-refractivity contribution in [3.05, 3.63) is 53.1 Å². The van der Waals surface area contributed by atoms with E-state index < -0.39 is 18.0 Å². The van der Waals surface area contributed by atoms with Gasteiger partial charge in [0.15, 0.2) is 17.6 Å². The predicted molar refractivity (Wildman–Crippen MR) is 127 cm³/mol. The second-order valence-corrected chi connectivity index (χ2v) is 8.64. The number of nitrogens with one attached hydrogen (secondary N) is 1. The van der Waals surface area contributed by atoms with Crippen LogP contribution in [-0.4, -0.2) is 55.0 Å². The Morgan fingerprint density at radius 2 is 1.60 bits per heavy atom. The Labute approximate surface area is 203 Å². The first kappa shape index (κ1) is 24.3. The number of amides is 3. The summed E-state index contributed by atoms with van der Waals surface area (Å²) in [6.07, 6.45) is 3.56. The third kappa shape index (κ3) is 4.84. The van der Waals surface area contributed by atoms with Gasteiger partial charge in [-0.15, -0.1) is 0 Å². The number of methoxy groups -OCH3 is 2. The summed E-state index contributed by atoms with van der Waals surface area (Å²) in [6, 6.07) is 9.05. The van der Waals surface area contributed by atoms with Crippen molar-refractivity contribution in [1.82, 2.24) is 4.90 Å². The molecule has 0 saturated heterocycles. The fraction of sp³-hybridized carbons (Fsp3) is 0.385. The SMILES string of the molecule is COc1ccc(NC(=O)C(C)OC(=O)c2ccc3c(c2)C(=O)N(C2CCCCC2)C3=O)cc1OC. The normalized spacial score (nSPS) is 16.5. The minimum absolute atomic E-state index is 0.0983. The summed E-state index contributed by atoms with van der Waals surface area (Å²) in [6.45, 7) is 1.45. The first-order chi connectivity index (χ1) is 16.8. The van der Waals surface area contributed by atoms with Crippen LogP contribution in [0.25, 0.3) is 0 Å². The molecule has 4 rings (SSSR count). The van der Waals surface area contributed by atoms with Crippen molar-refractivity contribution in [2.75, 3.05) is 19.5 Å². The fourth-order valence-corrected chi connectivity index (χ4v) is 4.50. The van der Waals surface area contributed by atoms with Crippen LogP contribution in [0, 0.1) is 0 Å². The minimum atomic E-state index is -1.11. The number of carbonyl (C=O) groups excluding carboxylic acids is 4. The van der Waals surface area contributed by atoms with Gasteiger partial charge in [0.1, 0.15) is 0 Å². The number of hydrogen-bond acceptors (Lipinski definition) is 7. The molecule has 0 spiro atoms. The van der Waals surface area contributed by atoms with Crippen LogP contribution < -0.4 is 14.8 Å². The molecular weight excluding hydrogens is 452 g/mol. The molecule has 9 heteroatoms. The van der Waals surface area contributed by atoms with Gasteiger partial charge in [0.05, 0.1) is 30.9 Å². The van der Waals surface area contributed by atoms with Crippen LogP contribution in [0.15, 0.2) is 36.4 Å². The number of ether oxygens (including phenoxy) is 3. The van der Waals surface area contributed by atoms with Crippen molar-refractivity contribution in [3.63, 3.8) is 0 Å². The molecule has 1 heterocycles. The summed E-state index contributed by atoms with van der Waals surface area (Å²) in [4.78, 5) is 52.4. The third-order valence-corrected chi connectivity index (χ3v) is 6.40. The van der Waals surface area contributed by atoms with Gasteiger partial charge in [-0.2, -0.15) is 0 Å². The van der Waals surface area contributed by atoms with E-state index in [0.717, 1.165) is 32.1 Å². The monoisotopic (exact) mass is 480 g/mol. The van der Waals surface area contributed by atoms with Gasteiger partial charge in [-0.3, -0.25) is 19.3 Å². The summed E-state index contributed by atoms with van der Waals surface area (Å²) in [5, 5.41) is 2.66. The lowest BCUT2D eigenvalue weighted by atomic mass is 9.94. The highest BCUT2D eigenvalue weighted by Crippen LogP contribution is 2.32. The Morgan fingerprint density at radius 1 is 0.914 bits per heavy atom. The molecule has 1 fully saturated rings. The van der Waals surface area contributed by atoms with Crippen LogP contribution in [0.3, 0.4) is 0 Å². The molecule has 1 atom stereocenters. The maximum atomic E-state index is 13.0. The van der Waals surface area contributed by atoms with Crippen molar-refractivity contribution in [3.8, 4) is 11.5 Å². The number of anilines is 1. The molecule has 3 amide bonds. The molecule has 1 N–H and O–H groups in total. The van der Waals surface area contributed by atoms with Crippen molar-refractivity contribution >= 4 is 29.4 Å². The second kappa shape index (κ2) is 10.2. The number of nitrogens with zero attached hydrogens (tertiary/aromatic N) is 1. The molecule has 1 aliphatic carbocycles. The zero-order valence-electron chi connectivity index (χ0n) is 20.0. The van der Waals surface area contributed by atoms with Gasteiger partial charge in [-0.05, 0) is 50.1 Å². The van der Waals surface area contributed by atoms with Gasteiger partial charge >= 0.3 is 5.97 Å². The van der Waals surface area contributed by atoms with E-state index in [9.17, 15) is 19.2 Å². The van der Waals surface area contributed by atoms with Crippen LogP contribution in [0.1, 0.15) is 70.1 Å². The maximum Gasteiger partial charge on any atom is 0.338 e. The van der Waals surface area contributed by atoms with Gasteiger partial charge in [0.2, 0.25) is 0 Å². The molecule has 1 aliphatic heterocycles. The quantitative estimate of drug-likeness (QED) is 0.474. The summed E-state index contributed by atoms with van der Waals surface area (Å²) >= 11 is 0. The molecule has 184 valence electrons. The highest BCUT2D eigenvalue weighted by molar-refractivity contribution is 6.22. The Hall–Kier alpha value is -3.88. The number of fused-ring (bicyclic) bond motifs is 1. The zero-order chi connectivity index (χ0) is 25.1. The maximum absolute atomic E-state index is 13.0. The molecule has 0 radical (unpaired) electrons. The van der Waals surface area contributed by atoms with E-state index in [1.165, 1.54) is 44.2 Å². The average molecular weight is 481 g/mol.